The normalized spacial score (nSPS) is 1.00. The molecule has 2 nitrogen and oxygen atoms in total. The van der Waals surface area contributed by atoms with Crippen LogP contribution in [-0.2, 0) is 0 Å². The van der Waals surface area contributed by atoms with Gasteiger partial charge >= 0.3 is 37.7 Å². The van der Waals surface area contributed by atoms with Gasteiger partial charge in [-0.3, -0.25) is 0 Å². The van der Waals surface area contributed by atoms with Gasteiger partial charge in [0.05, 0.1) is 0 Å². The fraction of sp³-hybridized carbons (Fsp3) is 0. The number of hydrogen-bond acceptors (Lipinski definition) is 2. The van der Waals surface area contributed by atoms with Gasteiger partial charge in [0.1, 0.15) is 0 Å². The van der Waals surface area contributed by atoms with Crippen LogP contribution in [0, 0.1) is 0 Å². The second kappa shape index (κ2) is 75.6. The summed E-state index contributed by atoms with van der Waals surface area (Å²) in [5, 5.41) is 14.0. The van der Waals surface area contributed by atoms with Crippen molar-refractivity contribution in [3.8, 4) is 0 Å². The van der Waals surface area contributed by atoms with Gasteiger partial charge in [0, 0.05) is 0 Å². The van der Waals surface area contributed by atoms with Gasteiger partial charge in [0.15, 0.2) is 0 Å². The van der Waals surface area contributed by atoms with E-state index in [1.807, 2.05) is 0 Å². The van der Waals surface area contributed by atoms with E-state index in [-0.39, 0.29) is 62.5 Å². The molecular formula is H2Cl2Li2O2. The van der Waals surface area contributed by atoms with Crippen LogP contribution >= 0.6 is 24.8 Å². The van der Waals surface area contributed by atoms with E-state index in [0.29, 0.717) is 0 Å². The van der Waals surface area contributed by atoms with E-state index in [1.165, 1.54) is 0 Å². The summed E-state index contributed by atoms with van der Waals surface area (Å²) in [7, 11) is 0. The molecule has 0 bridgehead atoms. The molecule has 0 aliphatic carbocycles. The summed E-state index contributed by atoms with van der Waals surface area (Å²) in [4.78, 5) is 0. The standard InChI is InChI=1S/2ClH.2Li.O2/c;;;;1-2/h2*1H;;;/q;;2*+1;-2. The van der Waals surface area contributed by atoms with E-state index in [0.717, 1.165) is 0 Å². The monoisotopic (exact) mass is 118 g/mol. The molecule has 0 saturated carbocycles. The van der Waals surface area contributed by atoms with Gasteiger partial charge in [-0.1, -0.05) is 0 Å². The van der Waals surface area contributed by atoms with Gasteiger partial charge in [0.2, 0.25) is 0 Å². The largest absolute Gasteiger partial charge is 1.00 e. The van der Waals surface area contributed by atoms with Crippen molar-refractivity contribution in [2.45, 2.75) is 0 Å². The van der Waals surface area contributed by atoms with E-state index in [4.69, 9.17) is 10.5 Å². The Hall–Kier alpha value is 1.69. The maximum Gasteiger partial charge on any atom is 1.00 e. The summed E-state index contributed by atoms with van der Waals surface area (Å²) in [5.74, 6) is 0. The molecule has 0 fully saturated rings. The van der Waals surface area contributed by atoms with E-state index in [9.17, 15) is 0 Å². The van der Waals surface area contributed by atoms with Crippen LogP contribution in [0.5, 0.6) is 0 Å². The van der Waals surface area contributed by atoms with Crippen LogP contribution < -0.4 is 48.2 Å². The van der Waals surface area contributed by atoms with Gasteiger partial charge in [-0.05, 0) is 0 Å². The molecule has 0 aromatic carbocycles. The predicted molar refractivity (Wildman–Crippen MR) is 14.5 cm³/mol. The van der Waals surface area contributed by atoms with E-state index >= 15 is 0 Å². The molecule has 0 aliphatic rings. The molecule has 6 heavy (non-hydrogen) atoms. The smallest absolute Gasteiger partial charge is 1.00 e. The van der Waals surface area contributed by atoms with Crippen LogP contribution in [0.25, 0.3) is 0 Å². The van der Waals surface area contributed by atoms with Crippen molar-refractivity contribution in [1.82, 2.24) is 0 Å². The third kappa shape index (κ3) is 43.7. The molecule has 0 aromatic rings. The van der Waals surface area contributed by atoms with Crippen molar-refractivity contribution in [2.24, 2.45) is 0 Å². The van der Waals surface area contributed by atoms with E-state index in [1.54, 1.807) is 0 Å². The third-order valence-electron chi connectivity index (χ3n) is 0. The first kappa shape index (κ1) is 47.5. The molecule has 0 N–H and O–H groups in total. The van der Waals surface area contributed by atoms with Crippen molar-refractivity contribution in [3.05, 3.63) is 0 Å². The number of rotatable bonds is 0. The Morgan fingerprint density at radius 2 is 0.667 bits per heavy atom. The van der Waals surface area contributed by atoms with Gasteiger partial charge in [-0.25, -0.2) is 0 Å². The summed E-state index contributed by atoms with van der Waals surface area (Å²) in [5.41, 5.74) is 0. The zero-order valence-electron chi connectivity index (χ0n) is 3.63. The van der Waals surface area contributed by atoms with Crippen molar-refractivity contribution < 1.29 is 48.2 Å². The first-order valence-corrected chi connectivity index (χ1v) is 0.167. The minimum Gasteiger partial charge on any atom is -1.00 e. The fourth-order valence-electron chi connectivity index (χ4n) is 0. The summed E-state index contributed by atoms with van der Waals surface area (Å²) in [6.07, 6.45) is 0. The first-order valence-electron chi connectivity index (χ1n) is 0.167. The van der Waals surface area contributed by atoms with Crippen molar-refractivity contribution in [1.29, 1.82) is 0 Å². The molecule has 0 radical (unpaired) electrons. The van der Waals surface area contributed by atoms with Crippen molar-refractivity contribution in [3.63, 3.8) is 0 Å². The summed E-state index contributed by atoms with van der Waals surface area (Å²) >= 11 is 0. The van der Waals surface area contributed by atoms with Crippen LogP contribution in [0.4, 0.5) is 0 Å². The molecule has 6 heteroatoms. The van der Waals surface area contributed by atoms with Crippen LogP contribution in [0.2, 0.25) is 0 Å². The van der Waals surface area contributed by atoms with Crippen molar-refractivity contribution >= 4 is 24.8 Å². The minimum atomic E-state index is 0. The first-order chi connectivity index (χ1) is 1.00. The SMILES string of the molecule is Cl.Cl.[Li+].[Li+].[O-][O-]. The van der Waals surface area contributed by atoms with Gasteiger partial charge in [0.25, 0.3) is 0 Å². The van der Waals surface area contributed by atoms with Crippen molar-refractivity contribution in [2.75, 3.05) is 0 Å². The maximum absolute atomic E-state index is 7.00. The molecule has 30 valence electrons. The second-order valence-electron chi connectivity index (χ2n) is 0. The zero-order chi connectivity index (χ0) is 2.00. The predicted octanol–water partition coefficient (Wildman–Crippen LogP) is -7.53. The fourth-order valence-corrected chi connectivity index (χ4v) is 0. The summed E-state index contributed by atoms with van der Waals surface area (Å²) < 4.78 is 0. The van der Waals surface area contributed by atoms with Crippen LogP contribution in [0.1, 0.15) is 0 Å². The molecule has 0 unspecified atom stereocenters. The Morgan fingerprint density at radius 1 is 0.667 bits per heavy atom. The Labute approximate surface area is 72.8 Å². The van der Waals surface area contributed by atoms with Crippen LogP contribution in [0.3, 0.4) is 0 Å². The second-order valence-corrected chi connectivity index (χ2v) is 0. The van der Waals surface area contributed by atoms with Crippen LogP contribution in [-0.4, -0.2) is 0 Å². The molecule has 0 heterocycles. The minimum absolute atomic E-state index is 0. The molecule has 0 aromatic heterocycles. The third-order valence-corrected chi connectivity index (χ3v) is 0. The molecule has 0 aliphatic heterocycles. The zero-order valence-corrected chi connectivity index (χ0v) is 5.27. The van der Waals surface area contributed by atoms with Gasteiger partial charge in [-0.15, -0.1) is 24.8 Å². The summed E-state index contributed by atoms with van der Waals surface area (Å²) in [6.45, 7) is 0. The molecular weight excluding hydrogens is 117 g/mol. The quantitative estimate of drug-likeness (QED) is 0.180. The Balaban J connectivity index is -0.000000000833. The van der Waals surface area contributed by atoms with E-state index in [2.05, 4.69) is 0 Å². The van der Waals surface area contributed by atoms with Crippen LogP contribution in [0.15, 0.2) is 0 Å². The number of halogens is 2. The average Bonchev–Trinajstić information content (AvgIpc) is 1.00. The van der Waals surface area contributed by atoms with Gasteiger partial charge in [-0.2, -0.15) is 0 Å². The molecule has 0 spiro atoms. The Bertz CT molecular complexity index is 9.51. The molecule has 0 atom stereocenters. The Morgan fingerprint density at radius 3 is 0.667 bits per heavy atom. The Kier molecular flexibility index (Phi) is 598. The molecule has 0 saturated heterocycles. The maximum atomic E-state index is 7.00. The molecule has 0 rings (SSSR count). The number of hydrogen-bond donors (Lipinski definition) is 0. The topological polar surface area (TPSA) is 46.1 Å². The average molecular weight is 119 g/mol. The summed E-state index contributed by atoms with van der Waals surface area (Å²) in [6, 6.07) is 0. The van der Waals surface area contributed by atoms with Gasteiger partial charge < -0.3 is 10.5 Å². The molecule has 0 amide bonds. The van der Waals surface area contributed by atoms with E-state index < -0.39 is 0 Å².